The minimum atomic E-state index is 0.585. The summed E-state index contributed by atoms with van der Waals surface area (Å²) in [5.74, 6) is 0.744. The molecule has 0 saturated heterocycles. The zero-order valence-electron chi connectivity index (χ0n) is 10.9. The topological polar surface area (TPSA) is 21.7 Å². The first-order valence-electron chi connectivity index (χ1n) is 6.09. The molecule has 0 atom stereocenters. The van der Waals surface area contributed by atoms with Crippen LogP contribution in [0, 0.1) is 0 Å². The second-order valence-corrected chi connectivity index (χ2v) is 4.51. The molecule has 0 spiro atoms. The van der Waals surface area contributed by atoms with Crippen LogP contribution in [0.15, 0.2) is 0 Å². The van der Waals surface area contributed by atoms with Gasteiger partial charge in [0, 0.05) is 32.2 Å². The Morgan fingerprint density at radius 3 is 2.31 bits per heavy atom. The summed E-state index contributed by atoms with van der Waals surface area (Å²) in [6, 6.07) is 0.585. The number of alkyl halides is 1. The molecule has 0 saturated carbocycles. The van der Waals surface area contributed by atoms with E-state index >= 15 is 0 Å². The van der Waals surface area contributed by atoms with E-state index in [2.05, 4.69) is 18.7 Å². The standard InChI is InChI=1S/C12H26ClNO2/c1-12(2)14(7-4-6-13)8-5-9-16-11-10-15-3/h12H,4-11H2,1-3H3. The van der Waals surface area contributed by atoms with E-state index in [4.69, 9.17) is 21.1 Å². The van der Waals surface area contributed by atoms with E-state index in [0.29, 0.717) is 19.3 Å². The molecule has 0 aromatic rings. The summed E-state index contributed by atoms with van der Waals surface area (Å²) in [5.41, 5.74) is 0. The first-order valence-corrected chi connectivity index (χ1v) is 6.62. The van der Waals surface area contributed by atoms with Crippen LogP contribution in [0.2, 0.25) is 0 Å². The van der Waals surface area contributed by atoms with Gasteiger partial charge in [-0.2, -0.15) is 0 Å². The minimum absolute atomic E-state index is 0.585. The molecule has 0 rings (SSSR count). The van der Waals surface area contributed by atoms with E-state index in [0.717, 1.165) is 38.4 Å². The highest BCUT2D eigenvalue weighted by Crippen LogP contribution is 2.02. The predicted molar refractivity (Wildman–Crippen MR) is 69.4 cm³/mol. The lowest BCUT2D eigenvalue weighted by atomic mass is 10.2. The minimum Gasteiger partial charge on any atom is -0.382 e. The normalized spacial score (nSPS) is 11.6. The van der Waals surface area contributed by atoms with Crippen LogP contribution in [0.25, 0.3) is 0 Å². The number of hydrogen-bond donors (Lipinski definition) is 0. The maximum Gasteiger partial charge on any atom is 0.0700 e. The lowest BCUT2D eigenvalue weighted by molar-refractivity contribution is 0.0636. The Morgan fingerprint density at radius 1 is 1.06 bits per heavy atom. The van der Waals surface area contributed by atoms with Crippen molar-refractivity contribution in [3.05, 3.63) is 0 Å². The average Bonchev–Trinajstić information content (AvgIpc) is 2.26. The molecule has 0 aliphatic rings. The molecule has 0 aliphatic heterocycles. The molecule has 0 heterocycles. The Balaban J connectivity index is 3.44. The van der Waals surface area contributed by atoms with Crippen LogP contribution in [-0.2, 0) is 9.47 Å². The molecule has 0 aliphatic carbocycles. The molecule has 0 bridgehead atoms. The number of ether oxygens (including phenoxy) is 2. The van der Waals surface area contributed by atoms with Gasteiger partial charge in [-0.3, -0.25) is 0 Å². The highest BCUT2D eigenvalue weighted by Gasteiger charge is 2.07. The lowest BCUT2D eigenvalue weighted by Crippen LogP contribution is -2.33. The second kappa shape index (κ2) is 11.6. The van der Waals surface area contributed by atoms with Crippen molar-refractivity contribution in [2.24, 2.45) is 0 Å². The third kappa shape index (κ3) is 9.40. The molecule has 0 aromatic carbocycles. The van der Waals surface area contributed by atoms with Crippen LogP contribution in [0.3, 0.4) is 0 Å². The number of rotatable bonds is 11. The number of halogens is 1. The van der Waals surface area contributed by atoms with Gasteiger partial charge in [-0.05, 0) is 33.2 Å². The van der Waals surface area contributed by atoms with Gasteiger partial charge in [0.2, 0.25) is 0 Å². The summed E-state index contributed by atoms with van der Waals surface area (Å²) in [4.78, 5) is 2.45. The molecule has 4 heteroatoms. The van der Waals surface area contributed by atoms with E-state index in [9.17, 15) is 0 Å². The van der Waals surface area contributed by atoms with Gasteiger partial charge in [-0.1, -0.05) is 0 Å². The van der Waals surface area contributed by atoms with Crippen LogP contribution < -0.4 is 0 Å². The monoisotopic (exact) mass is 251 g/mol. The fourth-order valence-corrected chi connectivity index (χ4v) is 1.62. The molecular weight excluding hydrogens is 226 g/mol. The van der Waals surface area contributed by atoms with Gasteiger partial charge in [-0.25, -0.2) is 0 Å². The Kier molecular flexibility index (Phi) is 11.8. The largest absolute Gasteiger partial charge is 0.382 e. The number of hydrogen-bond acceptors (Lipinski definition) is 3. The average molecular weight is 252 g/mol. The van der Waals surface area contributed by atoms with Crippen molar-refractivity contribution in [1.82, 2.24) is 4.90 Å². The van der Waals surface area contributed by atoms with Crippen molar-refractivity contribution < 1.29 is 9.47 Å². The SMILES string of the molecule is COCCOCCCN(CCCCl)C(C)C. The first kappa shape index (κ1) is 16.2. The first-order chi connectivity index (χ1) is 7.72. The molecule has 3 nitrogen and oxygen atoms in total. The Labute approximate surface area is 105 Å². The summed E-state index contributed by atoms with van der Waals surface area (Å²) < 4.78 is 10.3. The van der Waals surface area contributed by atoms with Gasteiger partial charge >= 0.3 is 0 Å². The highest BCUT2D eigenvalue weighted by atomic mass is 35.5. The third-order valence-corrected chi connectivity index (χ3v) is 2.74. The van der Waals surface area contributed by atoms with Crippen LogP contribution >= 0.6 is 11.6 Å². The van der Waals surface area contributed by atoms with E-state index < -0.39 is 0 Å². The summed E-state index contributed by atoms with van der Waals surface area (Å²) >= 11 is 5.70. The number of nitrogens with zero attached hydrogens (tertiary/aromatic N) is 1. The van der Waals surface area contributed by atoms with Crippen molar-refractivity contribution in [1.29, 1.82) is 0 Å². The lowest BCUT2D eigenvalue weighted by Gasteiger charge is -2.26. The molecule has 0 aromatic heterocycles. The van der Waals surface area contributed by atoms with Gasteiger partial charge in [0.1, 0.15) is 0 Å². The smallest absolute Gasteiger partial charge is 0.0700 e. The Hall–Kier alpha value is 0.170. The number of methoxy groups -OCH3 is 1. The van der Waals surface area contributed by atoms with E-state index in [1.54, 1.807) is 7.11 Å². The molecule has 0 radical (unpaired) electrons. The van der Waals surface area contributed by atoms with E-state index in [1.807, 2.05) is 0 Å². The molecule has 98 valence electrons. The highest BCUT2D eigenvalue weighted by molar-refractivity contribution is 6.17. The van der Waals surface area contributed by atoms with Gasteiger partial charge in [0.05, 0.1) is 13.2 Å². The quantitative estimate of drug-likeness (QED) is 0.416. The molecule has 0 N–H and O–H groups in total. The van der Waals surface area contributed by atoms with Crippen LogP contribution in [0.5, 0.6) is 0 Å². The van der Waals surface area contributed by atoms with Crippen molar-refractivity contribution in [3.63, 3.8) is 0 Å². The van der Waals surface area contributed by atoms with Crippen molar-refractivity contribution >= 4 is 11.6 Å². The fourth-order valence-electron chi connectivity index (χ4n) is 1.51. The zero-order chi connectivity index (χ0) is 12.2. The van der Waals surface area contributed by atoms with Crippen LogP contribution in [-0.4, -0.2) is 56.8 Å². The van der Waals surface area contributed by atoms with Crippen molar-refractivity contribution in [2.45, 2.75) is 32.7 Å². The Morgan fingerprint density at radius 2 is 1.75 bits per heavy atom. The van der Waals surface area contributed by atoms with Gasteiger partial charge < -0.3 is 14.4 Å². The van der Waals surface area contributed by atoms with Crippen LogP contribution in [0.4, 0.5) is 0 Å². The molecular formula is C12H26ClNO2. The molecule has 16 heavy (non-hydrogen) atoms. The fraction of sp³-hybridized carbons (Fsp3) is 1.00. The summed E-state index contributed by atoms with van der Waals surface area (Å²) in [6.45, 7) is 8.80. The van der Waals surface area contributed by atoms with Gasteiger partial charge in [-0.15, -0.1) is 11.6 Å². The maximum absolute atomic E-state index is 5.70. The van der Waals surface area contributed by atoms with Gasteiger partial charge in [0.15, 0.2) is 0 Å². The summed E-state index contributed by atoms with van der Waals surface area (Å²) in [6.07, 6.45) is 2.13. The van der Waals surface area contributed by atoms with E-state index in [1.165, 1.54) is 0 Å². The van der Waals surface area contributed by atoms with Gasteiger partial charge in [0.25, 0.3) is 0 Å². The molecule has 0 fully saturated rings. The zero-order valence-corrected chi connectivity index (χ0v) is 11.6. The Bertz CT molecular complexity index is 145. The summed E-state index contributed by atoms with van der Waals surface area (Å²) in [5, 5.41) is 0. The van der Waals surface area contributed by atoms with Crippen LogP contribution in [0.1, 0.15) is 26.7 Å². The van der Waals surface area contributed by atoms with E-state index in [-0.39, 0.29) is 0 Å². The molecule has 0 unspecified atom stereocenters. The maximum atomic E-state index is 5.70. The van der Waals surface area contributed by atoms with Crippen molar-refractivity contribution in [2.75, 3.05) is 45.9 Å². The molecule has 0 amide bonds. The second-order valence-electron chi connectivity index (χ2n) is 4.13. The third-order valence-electron chi connectivity index (χ3n) is 2.48. The predicted octanol–water partition coefficient (Wildman–Crippen LogP) is 2.38. The summed E-state index contributed by atoms with van der Waals surface area (Å²) in [7, 11) is 1.69. The van der Waals surface area contributed by atoms with Crippen molar-refractivity contribution in [3.8, 4) is 0 Å².